The highest BCUT2D eigenvalue weighted by molar-refractivity contribution is 7.90. The van der Waals surface area contributed by atoms with Gasteiger partial charge in [-0.2, -0.15) is 5.26 Å². The van der Waals surface area contributed by atoms with Crippen molar-refractivity contribution in [2.45, 2.75) is 5.75 Å². The summed E-state index contributed by atoms with van der Waals surface area (Å²) in [5.41, 5.74) is 1.05. The van der Waals surface area contributed by atoms with Crippen molar-refractivity contribution >= 4 is 9.84 Å². The molecule has 15 heavy (non-hydrogen) atoms. The van der Waals surface area contributed by atoms with Gasteiger partial charge in [-0.05, 0) is 17.7 Å². The first kappa shape index (κ1) is 11.7. The Hall–Kier alpha value is -1.41. The van der Waals surface area contributed by atoms with Gasteiger partial charge in [-0.25, -0.2) is 12.8 Å². The molecule has 0 spiro atoms. The van der Waals surface area contributed by atoms with Crippen molar-refractivity contribution < 1.29 is 12.8 Å². The summed E-state index contributed by atoms with van der Waals surface area (Å²) < 4.78 is 34.4. The van der Waals surface area contributed by atoms with E-state index in [0.717, 1.165) is 0 Å². The van der Waals surface area contributed by atoms with E-state index in [9.17, 15) is 12.8 Å². The topological polar surface area (TPSA) is 57.9 Å². The van der Waals surface area contributed by atoms with Gasteiger partial charge < -0.3 is 0 Å². The zero-order valence-electron chi connectivity index (χ0n) is 7.98. The summed E-state index contributed by atoms with van der Waals surface area (Å²) in [6, 6.07) is 8.14. The van der Waals surface area contributed by atoms with Crippen molar-refractivity contribution in [1.29, 1.82) is 5.26 Å². The van der Waals surface area contributed by atoms with Crippen LogP contribution in [0.15, 0.2) is 24.3 Å². The molecule has 0 aromatic heterocycles. The van der Waals surface area contributed by atoms with E-state index in [1.165, 1.54) is 0 Å². The highest BCUT2D eigenvalue weighted by Gasteiger charge is 2.11. The average Bonchev–Trinajstić information content (AvgIpc) is 2.18. The number of nitrogens with zero attached hydrogens (tertiary/aromatic N) is 1. The standard InChI is InChI=1S/C10H10FNO2S/c11-5-6-15(13,14)8-10-3-1-9(7-12)2-4-10/h1-4H,5-6,8H2. The maximum atomic E-state index is 11.9. The van der Waals surface area contributed by atoms with Gasteiger partial charge in [-0.1, -0.05) is 12.1 Å². The zero-order valence-corrected chi connectivity index (χ0v) is 8.80. The van der Waals surface area contributed by atoms with Gasteiger partial charge in [0.1, 0.15) is 6.67 Å². The Morgan fingerprint density at radius 2 is 1.87 bits per heavy atom. The molecule has 0 N–H and O–H groups in total. The molecule has 1 aromatic carbocycles. The molecule has 1 aromatic rings. The number of nitriles is 1. The molecule has 0 bridgehead atoms. The Morgan fingerprint density at radius 1 is 1.27 bits per heavy atom. The molecule has 0 aliphatic rings. The summed E-state index contributed by atoms with van der Waals surface area (Å²) in [5.74, 6) is -0.629. The number of sulfone groups is 1. The third-order valence-electron chi connectivity index (χ3n) is 1.86. The first-order valence-electron chi connectivity index (χ1n) is 4.33. The van der Waals surface area contributed by atoms with Crippen LogP contribution in [0, 0.1) is 11.3 Å². The molecule has 5 heteroatoms. The van der Waals surface area contributed by atoms with Crippen LogP contribution in [0.3, 0.4) is 0 Å². The van der Waals surface area contributed by atoms with Crippen LogP contribution >= 0.6 is 0 Å². The molecule has 0 saturated carbocycles. The Morgan fingerprint density at radius 3 is 2.33 bits per heavy atom. The van der Waals surface area contributed by atoms with Crippen LogP contribution < -0.4 is 0 Å². The quantitative estimate of drug-likeness (QED) is 0.782. The van der Waals surface area contributed by atoms with E-state index in [-0.39, 0.29) is 5.75 Å². The monoisotopic (exact) mass is 227 g/mol. The van der Waals surface area contributed by atoms with E-state index in [0.29, 0.717) is 11.1 Å². The van der Waals surface area contributed by atoms with E-state index in [1.807, 2.05) is 6.07 Å². The summed E-state index contributed by atoms with van der Waals surface area (Å²) >= 11 is 0. The number of alkyl halides is 1. The summed E-state index contributed by atoms with van der Waals surface area (Å²) in [7, 11) is -3.36. The Kier molecular flexibility index (Phi) is 3.81. The molecule has 0 aliphatic heterocycles. The first-order valence-corrected chi connectivity index (χ1v) is 6.15. The molecule has 3 nitrogen and oxygen atoms in total. The number of halogens is 1. The molecule has 0 saturated heterocycles. The van der Waals surface area contributed by atoms with E-state index >= 15 is 0 Å². The molecule has 1 rings (SSSR count). The van der Waals surface area contributed by atoms with Crippen LogP contribution in [0.1, 0.15) is 11.1 Å². The Bertz CT molecular complexity index is 459. The number of rotatable bonds is 4. The van der Waals surface area contributed by atoms with Crippen LogP contribution in [-0.2, 0) is 15.6 Å². The van der Waals surface area contributed by atoms with Gasteiger partial charge in [0.15, 0.2) is 9.84 Å². The smallest absolute Gasteiger partial charge is 0.157 e. The van der Waals surface area contributed by atoms with Gasteiger partial charge in [-0.15, -0.1) is 0 Å². The van der Waals surface area contributed by atoms with Gasteiger partial charge >= 0.3 is 0 Å². The van der Waals surface area contributed by atoms with Crippen molar-refractivity contribution in [1.82, 2.24) is 0 Å². The van der Waals surface area contributed by atoms with E-state index in [2.05, 4.69) is 0 Å². The van der Waals surface area contributed by atoms with E-state index < -0.39 is 22.3 Å². The fourth-order valence-electron chi connectivity index (χ4n) is 1.12. The maximum absolute atomic E-state index is 11.9. The highest BCUT2D eigenvalue weighted by Crippen LogP contribution is 2.08. The van der Waals surface area contributed by atoms with Crippen molar-refractivity contribution in [3.63, 3.8) is 0 Å². The molecule has 0 atom stereocenters. The van der Waals surface area contributed by atoms with E-state index in [4.69, 9.17) is 5.26 Å². The molecular formula is C10H10FNO2S. The second-order valence-corrected chi connectivity index (χ2v) is 5.27. The minimum absolute atomic E-state index is 0.178. The lowest BCUT2D eigenvalue weighted by atomic mass is 10.2. The lowest BCUT2D eigenvalue weighted by Gasteiger charge is -2.01. The van der Waals surface area contributed by atoms with Crippen LogP contribution in [0.5, 0.6) is 0 Å². The molecule has 0 unspecified atom stereocenters. The van der Waals surface area contributed by atoms with Crippen LogP contribution in [0.2, 0.25) is 0 Å². The van der Waals surface area contributed by atoms with Crippen LogP contribution in [-0.4, -0.2) is 20.8 Å². The van der Waals surface area contributed by atoms with Gasteiger partial charge in [0.2, 0.25) is 0 Å². The normalized spacial score (nSPS) is 10.9. The summed E-state index contributed by atoms with van der Waals surface area (Å²) in [6.07, 6.45) is 0. The van der Waals surface area contributed by atoms with E-state index in [1.54, 1.807) is 24.3 Å². The second-order valence-electron chi connectivity index (χ2n) is 3.09. The summed E-state index contributed by atoms with van der Waals surface area (Å²) in [5, 5.41) is 8.53. The Balaban J connectivity index is 2.78. The average molecular weight is 227 g/mol. The Labute approximate surface area is 88.1 Å². The van der Waals surface area contributed by atoms with Crippen molar-refractivity contribution in [2.24, 2.45) is 0 Å². The highest BCUT2D eigenvalue weighted by atomic mass is 32.2. The molecule has 0 amide bonds. The lowest BCUT2D eigenvalue weighted by molar-refractivity contribution is 0.517. The number of benzene rings is 1. The van der Waals surface area contributed by atoms with Crippen LogP contribution in [0.4, 0.5) is 4.39 Å². The molecule has 0 heterocycles. The minimum Gasteiger partial charge on any atom is -0.250 e. The number of hydrogen-bond acceptors (Lipinski definition) is 3. The zero-order chi connectivity index (χ0) is 11.3. The van der Waals surface area contributed by atoms with Gasteiger partial charge in [0.25, 0.3) is 0 Å². The van der Waals surface area contributed by atoms with Crippen molar-refractivity contribution in [3.8, 4) is 6.07 Å². The summed E-state index contributed by atoms with van der Waals surface area (Å²) in [6.45, 7) is -0.862. The van der Waals surface area contributed by atoms with Crippen molar-refractivity contribution in [3.05, 3.63) is 35.4 Å². The minimum atomic E-state index is -3.36. The third-order valence-corrected chi connectivity index (χ3v) is 3.41. The molecule has 0 aliphatic carbocycles. The largest absolute Gasteiger partial charge is 0.250 e. The maximum Gasteiger partial charge on any atom is 0.157 e. The third kappa shape index (κ3) is 3.68. The molecule has 80 valence electrons. The molecule has 0 fully saturated rings. The fraction of sp³-hybridized carbons (Fsp3) is 0.300. The van der Waals surface area contributed by atoms with Gasteiger partial charge in [0, 0.05) is 0 Å². The lowest BCUT2D eigenvalue weighted by Crippen LogP contribution is -2.10. The summed E-state index contributed by atoms with van der Waals surface area (Å²) in [4.78, 5) is 0. The predicted molar refractivity (Wildman–Crippen MR) is 54.6 cm³/mol. The first-order chi connectivity index (χ1) is 7.07. The molecular weight excluding hydrogens is 217 g/mol. The predicted octanol–water partition coefficient (Wildman–Crippen LogP) is 1.44. The molecule has 0 radical (unpaired) electrons. The fourth-order valence-corrected chi connectivity index (χ4v) is 2.20. The van der Waals surface area contributed by atoms with Crippen LogP contribution in [0.25, 0.3) is 0 Å². The van der Waals surface area contributed by atoms with Crippen molar-refractivity contribution in [2.75, 3.05) is 12.4 Å². The number of hydrogen-bond donors (Lipinski definition) is 0. The van der Waals surface area contributed by atoms with Gasteiger partial charge in [-0.3, -0.25) is 0 Å². The SMILES string of the molecule is N#Cc1ccc(CS(=O)(=O)CCF)cc1. The van der Waals surface area contributed by atoms with Gasteiger partial charge in [0.05, 0.1) is 23.1 Å². The second kappa shape index (κ2) is 4.89.